The molecular weight excluding hydrogens is 298 g/mol. The summed E-state index contributed by atoms with van der Waals surface area (Å²) in [5, 5.41) is 0. The van der Waals surface area contributed by atoms with Crippen LogP contribution in [-0.4, -0.2) is 17.7 Å². The molecule has 8 heteroatoms. The minimum absolute atomic E-state index is 0.0427. The highest BCUT2D eigenvalue weighted by Gasteiger charge is 2.63. The number of aromatic nitrogens is 1. The predicted molar refractivity (Wildman–Crippen MR) is 63.4 cm³/mol. The van der Waals surface area contributed by atoms with E-state index in [0.29, 0.717) is 5.56 Å². The first kappa shape index (κ1) is 16.1. The van der Waals surface area contributed by atoms with Crippen LogP contribution in [0.5, 0.6) is 0 Å². The monoisotopic (exact) mass is 312 g/mol. The minimum Gasteiger partial charge on any atom is -0.330 e. The third kappa shape index (κ3) is 3.30. The molecule has 118 valence electrons. The highest BCUT2D eigenvalue weighted by atomic mass is 19.4. The summed E-state index contributed by atoms with van der Waals surface area (Å²) >= 11 is 0. The Labute approximate surface area is 117 Å². The number of nitrogens with zero attached hydrogens (tertiary/aromatic N) is 1. The van der Waals surface area contributed by atoms with E-state index >= 15 is 0 Å². The summed E-state index contributed by atoms with van der Waals surface area (Å²) in [6.45, 7) is -0.0646. The van der Waals surface area contributed by atoms with Crippen molar-refractivity contribution in [2.75, 3.05) is 6.54 Å². The van der Waals surface area contributed by atoms with Crippen molar-refractivity contribution in [2.24, 2.45) is 11.1 Å². The van der Waals surface area contributed by atoms with Crippen LogP contribution in [0.25, 0.3) is 0 Å². The molecule has 1 aromatic heterocycles. The molecule has 1 heterocycles. The molecule has 1 aliphatic carbocycles. The van der Waals surface area contributed by atoms with E-state index in [9.17, 15) is 26.3 Å². The third-order valence-electron chi connectivity index (χ3n) is 3.92. The largest absolute Gasteiger partial charge is 0.433 e. The van der Waals surface area contributed by atoms with Gasteiger partial charge in [-0.25, -0.2) is 0 Å². The maximum Gasteiger partial charge on any atom is 0.433 e. The molecule has 0 radical (unpaired) electrons. The van der Waals surface area contributed by atoms with E-state index in [0.717, 1.165) is 18.3 Å². The van der Waals surface area contributed by atoms with Crippen LogP contribution in [0.3, 0.4) is 0 Å². The Balaban J connectivity index is 2.15. The second-order valence-electron chi connectivity index (χ2n) is 5.39. The van der Waals surface area contributed by atoms with Crippen molar-refractivity contribution in [1.82, 2.24) is 4.98 Å². The first-order valence-electron chi connectivity index (χ1n) is 6.39. The molecule has 0 amide bonds. The van der Waals surface area contributed by atoms with Gasteiger partial charge < -0.3 is 5.73 Å². The maximum atomic E-state index is 12.9. The molecule has 2 rings (SSSR count). The SMILES string of the molecule is NC[C@H](CC1(C(F)(F)F)CC1)c1ccc(C(F)(F)F)nc1. The van der Waals surface area contributed by atoms with Crippen molar-refractivity contribution >= 4 is 0 Å². The van der Waals surface area contributed by atoms with Crippen LogP contribution in [0.15, 0.2) is 18.3 Å². The van der Waals surface area contributed by atoms with E-state index in [1.165, 1.54) is 0 Å². The molecule has 0 saturated heterocycles. The van der Waals surface area contributed by atoms with Gasteiger partial charge in [-0.3, -0.25) is 4.98 Å². The summed E-state index contributed by atoms with van der Waals surface area (Å²) in [6.07, 6.45) is -8.03. The van der Waals surface area contributed by atoms with Gasteiger partial charge >= 0.3 is 12.4 Å². The maximum absolute atomic E-state index is 12.9. The first-order chi connectivity index (χ1) is 9.59. The van der Waals surface area contributed by atoms with Crippen molar-refractivity contribution in [3.05, 3.63) is 29.6 Å². The van der Waals surface area contributed by atoms with Crippen molar-refractivity contribution < 1.29 is 26.3 Å². The van der Waals surface area contributed by atoms with Gasteiger partial charge in [0, 0.05) is 6.20 Å². The Morgan fingerprint density at radius 1 is 1.14 bits per heavy atom. The van der Waals surface area contributed by atoms with Gasteiger partial charge in [-0.15, -0.1) is 0 Å². The smallest absolute Gasteiger partial charge is 0.330 e. The first-order valence-corrected chi connectivity index (χ1v) is 6.39. The van der Waals surface area contributed by atoms with E-state index in [2.05, 4.69) is 4.98 Å². The van der Waals surface area contributed by atoms with Crippen molar-refractivity contribution in [3.63, 3.8) is 0 Å². The highest BCUT2D eigenvalue weighted by Crippen LogP contribution is 2.61. The number of rotatable bonds is 4. The number of hydrogen-bond acceptors (Lipinski definition) is 2. The van der Waals surface area contributed by atoms with Gasteiger partial charge in [0.05, 0.1) is 5.41 Å². The summed E-state index contributed by atoms with van der Waals surface area (Å²) in [5.74, 6) is -0.649. The van der Waals surface area contributed by atoms with Gasteiger partial charge in [0.25, 0.3) is 0 Å². The molecule has 21 heavy (non-hydrogen) atoms. The van der Waals surface area contributed by atoms with Gasteiger partial charge in [-0.1, -0.05) is 6.07 Å². The van der Waals surface area contributed by atoms with Crippen LogP contribution in [0, 0.1) is 5.41 Å². The van der Waals surface area contributed by atoms with Gasteiger partial charge in [0.2, 0.25) is 0 Å². The molecule has 1 saturated carbocycles. The Hall–Kier alpha value is -1.31. The average molecular weight is 312 g/mol. The fraction of sp³-hybridized carbons (Fsp3) is 0.615. The average Bonchev–Trinajstić information content (AvgIpc) is 3.15. The fourth-order valence-electron chi connectivity index (χ4n) is 2.38. The summed E-state index contributed by atoms with van der Waals surface area (Å²) in [7, 11) is 0. The molecule has 2 nitrogen and oxygen atoms in total. The quantitative estimate of drug-likeness (QED) is 0.857. The molecule has 1 fully saturated rings. The summed E-state index contributed by atoms with van der Waals surface area (Å²) < 4.78 is 76.0. The Kier molecular flexibility index (Phi) is 3.94. The zero-order valence-electron chi connectivity index (χ0n) is 10.9. The lowest BCUT2D eigenvalue weighted by atomic mass is 9.87. The van der Waals surface area contributed by atoms with Crippen LogP contribution >= 0.6 is 0 Å². The second kappa shape index (κ2) is 5.15. The lowest BCUT2D eigenvalue weighted by Gasteiger charge is -2.24. The van der Waals surface area contributed by atoms with Crippen LogP contribution in [0.1, 0.15) is 36.4 Å². The number of nitrogens with two attached hydrogens (primary N) is 1. The molecule has 2 N–H and O–H groups in total. The summed E-state index contributed by atoms with van der Waals surface area (Å²) in [4.78, 5) is 3.27. The van der Waals surface area contributed by atoms with Gasteiger partial charge in [-0.2, -0.15) is 26.3 Å². The fourth-order valence-corrected chi connectivity index (χ4v) is 2.38. The highest BCUT2D eigenvalue weighted by molar-refractivity contribution is 5.21. The number of halogens is 6. The van der Waals surface area contributed by atoms with Crippen molar-refractivity contribution in [3.8, 4) is 0 Å². The Morgan fingerprint density at radius 3 is 2.10 bits per heavy atom. The summed E-state index contributed by atoms with van der Waals surface area (Å²) in [5.41, 5.74) is 2.99. The molecule has 0 spiro atoms. The number of hydrogen-bond donors (Lipinski definition) is 1. The lowest BCUT2D eigenvalue weighted by molar-refractivity contribution is -0.190. The van der Waals surface area contributed by atoms with Gasteiger partial charge in [-0.05, 0) is 43.4 Å². The molecule has 1 aliphatic rings. The second-order valence-corrected chi connectivity index (χ2v) is 5.39. The lowest BCUT2D eigenvalue weighted by Crippen LogP contribution is -2.28. The van der Waals surface area contributed by atoms with Crippen LogP contribution in [0.2, 0.25) is 0 Å². The van der Waals surface area contributed by atoms with Gasteiger partial charge in [0.15, 0.2) is 0 Å². The molecule has 0 bridgehead atoms. The van der Waals surface area contributed by atoms with E-state index in [1.807, 2.05) is 0 Å². The van der Waals surface area contributed by atoms with Crippen LogP contribution < -0.4 is 5.73 Å². The molecule has 1 atom stereocenters. The molecule has 0 aliphatic heterocycles. The Morgan fingerprint density at radius 2 is 1.76 bits per heavy atom. The van der Waals surface area contributed by atoms with E-state index < -0.39 is 29.4 Å². The molecular formula is C13H14F6N2. The van der Waals surface area contributed by atoms with E-state index in [1.54, 1.807) is 0 Å². The van der Waals surface area contributed by atoms with E-state index in [-0.39, 0.29) is 25.8 Å². The van der Waals surface area contributed by atoms with Crippen molar-refractivity contribution in [2.45, 2.75) is 37.5 Å². The van der Waals surface area contributed by atoms with E-state index in [4.69, 9.17) is 5.73 Å². The molecule has 0 aromatic carbocycles. The zero-order valence-corrected chi connectivity index (χ0v) is 10.9. The topological polar surface area (TPSA) is 38.9 Å². The van der Waals surface area contributed by atoms with Crippen LogP contribution in [0.4, 0.5) is 26.3 Å². The predicted octanol–water partition coefficient (Wildman–Crippen LogP) is 3.88. The van der Waals surface area contributed by atoms with Gasteiger partial charge in [0.1, 0.15) is 5.69 Å². The normalized spacial score (nSPS) is 19.4. The number of pyridine rings is 1. The zero-order chi connectivity index (χ0) is 15.9. The molecule has 0 unspecified atom stereocenters. The third-order valence-corrected chi connectivity index (χ3v) is 3.92. The number of alkyl halides is 6. The molecule has 1 aromatic rings. The summed E-state index contributed by atoms with van der Waals surface area (Å²) in [6, 6.07) is 1.92. The van der Waals surface area contributed by atoms with Crippen LogP contribution in [-0.2, 0) is 6.18 Å². The minimum atomic E-state index is -4.57. The Bertz CT molecular complexity index is 487. The van der Waals surface area contributed by atoms with Crippen molar-refractivity contribution in [1.29, 1.82) is 0 Å². The standard InChI is InChI=1S/C13H14F6N2/c14-12(15,16)10-2-1-8(7-21-10)9(6-20)5-11(3-4-11)13(17,18)19/h1-2,7,9H,3-6,20H2/t9-/m0/s1.